The van der Waals surface area contributed by atoms with E-state index in [1.54, 1.807) is 6.20 Å². The Labute approximate surface area is 109 Å². The fourth-order valence-electron chi connectivity index (χ4n) is 2.15. The van der Waals surface area contributed by atoms with Crippen molar-refractivity contribution in [2.45, 2.75) is 25.3 Å². The average molecular weight is 299 g/mol. The molecule has 1 unspecified atom stereocenters. The smallest absolute Gasteiger partial charge is 0.328 e. The zero-order valence-corrected chi connectivity index (χ0v) is 11.3. The lowest BCUT2D eigenvalue weighted by atomic mass is 10.0. The topological polar surface area (TPSA) is 42.4 Å². The van der Waals surface area contributed by atoms with E-state index < -0.39 is 0 Å². The maximum absolute atomic E-state index is 11.8. The summed E-state index contributed by atoms with van der Waals surface area (Å²) in [7, 11) is 1.43. The molecular formula is C12H15BrN2O2. The molecule has 0 aromatic carbocycles. The van der Waals surface area contributed by atoms with E-state index in [0.717, 1.165) is 36.1 Å². The number of halogens is 1. The molecule has 0 saturated carbocycles. The second kappa shape index (κ2) is 5.49. The highest BCUT2D eigenvalue weighted by atomic mass is 79.9. The van der Waals surface area contributed by atoms with Gasteiger partial charge in [-0.05, 0) is 47.3 Å². The van der Waals surface area contributed by atoms with Crippen LogP contribution in [-0.2, 0) is 9.53 Å². The number of esters is 1. The number of anilines is 1. The standard InChI is InChI=1S/C12H15BrN2O2/c1-17-12(16)10-6-2-3-8-15(10)11-9(13)5-4-7-14-11/h4-5,7,10H,2-3,6,8H2,1H3. The third-order valence-electron chi connectivity index (χ3n) is 2.99. The first kappa shape index (κ1) is 12.4. The summed E-state index contributed by atoms with van der Waals surface area (Å²) in [4.78, 5) is 18.1. The Kier molecular flexibility index (Phi) is 3.99. The average Bonchev–Trinajstić information content (AvgIpc) is 2.38. The molecule has 5 heteroatoms. The molecule has 4 nitrogen and oxygen atoms in total. The van der Waals surface area contributed by atoms with Crippen molar-refractivity contribution < 1.29 is 9.53 Å². The number of piperidine rings is 1. The number of ether oxygens (including phenoxy) is 1. The molecule has 0 aliphatic carbocycles. The van der Waals surface area contributed by atoms with Gasteiger partial charge in [-0.25, -0.2) is 9.78 Å². The normalized spacial score (nSPS) is 20.1. The van der Waals surface area contributed by atoms with E-state index in [1.165, 1.54) is 7.11 Å². The first-order chi connectivity index (χ1) is 8.24. The lowest BCUT2D eigenvalue weighted by molar-refractivity contribution is -0.142. The predicted molar refractivity (Wildman–Crippen MR) is 68.9 cm³/mol. The highest BCUT2D eigenvalue weighted by Crippen LogP contribution is 2.29. The van der Waals surface area contributed by atoms with E-state index in [1.807, 2.05) is 17.0 Å². The molecule has 0 spiro atoms. The fourth-order valence-corrected chi connectivity index (χ4v) is 2.64. The van der Waals surface area contributed by atoms with Crippen molar-refractivity contribution in [2.75, 3.05) is 18.6 Å². The Hall–Kier alpha value is -1.10. The highest BCUT2D eigenvalue weighted by Gasteiger charge is 2.31. The van der Waals surface area contributed by atoms with Crippen LogP contribution in [0.15, 0.2) is 22.8 Å². The van der Waals surface area contributed by atoms with E-state index in [9.17, 15) is 4.79 Å². The van der Waals surface area contributed by atoms with Crippen molar-refractivity contribution in [3.63, 3.8) is 0 Å². The summed E-state index contributed by atoms with van der Waals surface area (Å²) in [6, 6.07) is 3.59. The third-order valence-corrected chi connectivity index (χ3v) is 3.61. The molecule has 17 heavy (non-hydrogen) atoms. The SMILES string of the molecule is COC(=O)C1CCCCN1c1ncccc1Br. The predicted octanol–water partition coefficient (Wildman–Crippen LogP) is 2.38. The van der Waals surface area contributed by atoms with Gasteiger partial charge in [-0.15, -0.1) is 0 Å². The van der Waals surface area contributed by atoms with Gasteiger partial charge < -0.3 is 9.64 Å². The summed E-state index contributed by atoms with van der Waals surface area (Å²) < 4.78 is 5.77. The Balaban J connectivity index is 2.28. The molecule has 1 aromatic heterocycles. The molecule has 0 N–H and O–H groups in total. The summed E-state index contributed by atoms with van der Waals surface area (Å²) in [5.74, 6) is 0.643. The molecule has 92 valence electrons. The summed E-state index contributed by atoms with van der Waals surface area (Å²) in [6.07, 6.45) is 4.70. The summed E-state index contributed by atoms with van der Waals surface area (Å²) in [5, 5.41) is 0. The van der Waals surface area contributed by atoms with Crippen LogP contribution in [0.2, 0.25) is 0 Å². The number of carbonyl (C=O) groups excluding carboxylic acids is 1. The van der Waals surface area contributed by atoms with Gasteiger partial charge in [0.05, 0.1) is 11.6 Å². The minimum Gasteiger partial charge on any atom is -0.467 e. The number of hydrogen-bond acceptors (Lipinski definition) is 4. The Morgan fingerprint density at radius 3 is 3.12 bits per heavy atom. The van der Waals surface area contributed by atoms with Crippen LogP contribution >= 0.6 is 15.9 Å². The number of pyridine rings is 1. The molecule has 0 amide bonds. The van der Waals surface area contributed by atoms with Gasteiger partial charge in [0, 0.05) is 12.7 Å². The van der Waals surface area contributed by atoms with Crippen molar-refractivity contribution in [3.8, 4) is 0 Å². The van der Waals surface area contributed by atoms with Gasteiger partial charge in [0.25, 0.3) is 0 Å². The van der Waals surface area contributed by atoms with Crippen LogP contribution in [0, 0.1) is 0 Å². The van der Waals surface area contributed by atoms with Crippen molar-refractivity contribution in [3.05, 3.63) is 22.8 Å². The maximum Gasteiger partial charge on any atom is 0.328 e. The molecule has 1 saturated heterocycles. The lowest BCUT2D eigenvalue weighted by Crippen LogP contribution is -2.45. The molecule has 0 radical (unpaired) electrons. The molecule has 0 bridgehead atoms. The van der Waals surface area contributed by atoms with E-state index in [0.29, 0.717) is 0 Å². The van der Waals surface area contributed by atoms with Crippen molar-refractivity contribution in [2.24, 2.45) is 0 Å². The van der Waals surface area contributed by atoms with Gasteiger partial charge in [-0.2, -0.15) is 0 Å². The van der Waals surface area contributed by atoms with Crippen LogP contribution in [0.5, 0.6) is 0 Å². The zero-order chi connectivity index (χ0) is 12.3. The molecule has 1 aliphatic rings. The van der Waals surface area contributed by atoms with Crippen LogP contribution in [-0.4, -0.2) is 30.6 Å². The quantitative estimate of drug-likeness (QED) is 0.786. The Bertz CT molecular complexity index is 411. The number of nitrogens with zero attached hydrogens (tertiary/aromatic N) is 2. The van der Waals surface area contributed by atoms with Crippen LogP contribution in [0.4, 0.5) is 5.82 Å². The second-order valence-corrected chi connectivity index (χ2v) is 4.89. The largest absolute Gasteiger partial charge is 0.467 e. The minimum absolute atomic E-state index is 0.178. The summed E-state index contributed by atoms with van der Waals surface area (Å²) in [6.45, 7) is 0.843. The van der Waals surface area contributed by atoms with Crippen LogP contribution in [0.3, 0.4) is 0 Å². The Morgan fingerprint density at radius 1 is 1.59 bits per heavy atom. The molecule has 1 atom stereocenters. The van der Waals surface area contributed by atoms with Crippen LogP contribution < -0.4 is 4.90 Å². The van der Waals surface area contributed by atoms with E-state index in [4.69, 9.17) is 4.74 Å². The summed E-state index contributed by atoms with van der Waals surface area (Å²) >= 11 is 3.47. The minimum atomic E-state index is -0.208. The number of methoxy groups -OCH3 is 1. The monoisotopic (exact) mass is 298 g/mol. The molecular weight excluding hydrogens is 284 g/mol. The summed E-state index contributed by atoms with van der Waals surface area (Å²) in [5.41, 5.74) is 0. The van der Waals surface area contributed by atoms with Crippen LogP contribution in [0.25, 0.3) is 0 Å². The molecule has 1 aromatic rings. The van der Waals surface area contributed by atoms with Gasteiger partial charge in [0.15, 0.2) is 0 Å². The van der Waals surface area contributed by atoms with E-state index in [2.05, 4.69) is 20.9 Å². The zero-order valence-electron chi connectivity index (χ0n) is 9.73. The van der Waals surface area contributed by atoms with E-state index in [-0.39, 0.29) is 12.0 Å². The number of aromatic nitrogens is 1. The molecule has 1 fully saturated rings. The lowest BCUT2D eigenvalue weighted by Gasteiger charge is -2.35. The molecule has 2 heterocycles. The third kappa shape index (κ3) is 2.60. The second-order valence-electron chi connectivity index (χ2n) is 4.04. The van der Waals surface area contributed by atoms with E-state index >= 15 is 0 Å². The first-order valence-electron chi connectivity index (χ1n) is 5.69. The molecule has 2 rings (SSSR count). The van der Waals surface area contributed by atoms with Gasteiger partial charge >= 0.3 is 5.97 Å². The fraction of sp³-hybridized carbons (Fsp3) is 0.500. The van der Waals surface area contributed by atoms with Crippen molar-refractivity contribution in [1.82, 2.24) is 4.98 Å². The number of carbonyl (C=O) groups is 1. The van der Waals surface area contributed by atoms with Crippen molar-refractivity contribution >= 4 is 27.7 Å². The number of rotatable bonds is 2. The number of hydrogen-bond donors (Lipinski definition) is 0. The van der Waals surface area contributed by atoms with Gasteiger partial charge in [-0.3, -0.25) is 0 Å². The van der Waals surface area contributed by atoms with Gasteiger partial charge in [0.1, 0.15) is 11.9 Å². The first-order valence-corrected chi connectivity index (χ1v) is 6.48. The van der Waals surface area contributed by atoms with Gasteiger partial charge in [0.2, 0.25) is 0 Å². The molecule has 1 aliphatic heterocycles. The van der Waals surface area contributed by atoms with Crippen molar-refractivity contribution in [1.29, 1.82) is 0 Å². The van der Waals surface area contributed by atoms with Gasteiger partial charge in [-0.1, -0.05) is 0 Å². The Morgan fingerprint density at radius 2 is 2.41 bits per heavy atom. The van der Waals surface area contributed by atoms with Crippen LogP contribution in [0.1, 0.15) is 19.3 Å². The maximum atomic E-state index is 11.8. The highest BCUT2D eigenvalue weighted by molar-refractivity contribution is 9.10.